The fourth-order valence-corrected chi connectivity index (χ4v) is 7.85. The summed E-state index contributed by atoms with van der Waals surface area (Å²) in [5.74, 6) is 1.09. The van der Waals surface area contributed by atoms with E-state index >= 15 is 0 Å². The fourth-order valence-electron chi connectivity index (χ4n) is 7.11. The molecule has 5 atom stereocenters. The summed E-state index contributed by atoms with van der Waals surface area (Å²) >= 11 is 0. The fraction of sp³-hybridized carbons (Fsp3) is 0.729. The van der Waals surface area contributed by atoms with Crippen molar-refractivity contribution in [1.29, 1.82) is 0 Å². The van der Waals surface area contributed by atoms with Crippen LogP contribution in [0.2, 0.25) is 0 Å². The predicted octanol–water partition coefficient (Wildman–Crippen LogP) is 10.2. The number of furan rings is 1. The average Bonchev–Trinajstić information content (AvgIpc) is 3.69. The molecular formula is C48H81NO11P+. The normalized spacial score (nSPS) is 17.7. The van der Waals surface area contributed by atoms with Gasteiger partial charge in [-0.25, -0.2) is 4.57 Å². The third kappa shape index (κ3) is 24.5. The molecule has 0 fully saturated rings. The van der Waals surface area contributed by atoms with Gasteiger partial charge in [-0.2, -0.15) is 0 Å². The number of unbranched alkanes of at least 4 members (excludes halogenated alkanes) is 10. The van der Waals surface area contributed by atoms with E-state index in [0.717, 1.165) is 88.6 Å². The molecule has 1 unspecified atom stereocenters. The number of phosphoric ester groups is 1. The lowest BCUT2D eigenvalue weighted by atomic mass is 9.90. The number of ketones is 1. The Bertz CT molecular complexity index is 1560. The highest BCUT2D eigenvalue weighted by molar-refractivity contribution is 7.47. The van der Waals surface area contributed by atoms with Gasteiger partial charge >= 0.3 is 19.8 Å². The molecule has 1 aromatic heterocycles. The summed E-state index contributed by atoms with van der Waals surface area (Å²) in [7, 11) is 1.34. The summed E-state index contributed by atoms with van der Waals surface area (Å²) in [4.78, 5) is 48.1. The third-order valence-corrected chi connectivity index (χ3v) is 12.1. The third-order valence-electron chi connectivity index (χ3n) is 11.1. The van der Waals surface area contributed by atoms with Gasteiger partial charge in [-0.05, 0) is 81.9 Å². The van der Waals surface area contributed by atoms with Gasteiger partial charge in [0.15, 0.2) is 11.9 Å². The summed E-state index contributed by atoms with van der Waals surface area (Å²) in [6.07, 6.45) is 26.7. The molecule has 12 nitrogen and oxygen atoms in total. The van der Waals surface area contributed by atoms with Gasteiger partial charge in [-0.15, -0.1) is 0 Å². The molecule has 0 radical (unpaired) electrons. The molecule has 0 aromatic carbocycles. The van der Waals surface area contributed by atoms with Crippen molar-refractivity contribution in [2.75, 3.05) is 47.5 Å². The van der Waals surface area contributed by atoms with Gasteiger partial charge in [0.25, 0.3) is 0 Å². The molecule has 13 heteroatoms. The van der Waals surface area contributed by atoms with Crippen molar-refractivity contribution in [1.82, 2.24) is 0 Å². The molecule has 0 amide bonds. The lowest BCUT2D eigenvalue weighted by Gasteiger charge is -2.24. The second kappa shape index (κ2) is 30.3. The van der Waals surface area contributed by atoms with Crippen molar-refractivity contribution in [3.05, 3.63) is 59.1 Å². The number of aliphatic hydroxyl groups is 1. The molecule has 61 heavy (non-hydrogen) atoms. The van der Waals surface area contributed by atoms with E-state index in [9.17, 15) is 28.9 Å². The van der Waals surface area contributed by atoms with Crippen molar-refractivity contribution in [3.63, 3.8) is 0 Å². The highest BCUT2D eigenvalue weighted by Gasteiger charge is 2.28. The molecule has 0 saturated carbocycles. The van der Waals surface area contributed by atoms with E-state index in [2.05, 4.69) is 27.7 Å². The Morgan fingerprint density at radius 2 is 1.49 bits per heavy atom. The molecule has 2 N–H and O–H groups in total. The molecule has 0 saturated heterocycles. The minimum absolute atomic E-state index is 0.00808. The van der Waals surface area contributed by atoms with Crippen molar-refractivity contribution in [3.8, 4) is 0 Å². The van der Waals surface area contributed by atoms with Crippen LogP contribution in [0.1, 0.15) is 152 Å². The van der Waals surface area contributed by atoms with E-state index in [1.54, 1.807) is 12.2 Å². The average molecular weight is 879 g/mol. The van der Waals surface area contributed by atoms with Crippen LogP contribution in [0.4, 0.5) is 0 Å². The van der Waals surface area contributed by atoms with Gasteiger partial charge in [-0.3, -0.25) is 23.4 Å². The maximum absolute atomic E-state index is 12.8. The standard InChI is InChI=1S/C48H80NO11P/c1-8-10-19-26-41(50)31-32-43-40(30-33-44(43)51)25-20-17-18-22-28-47(52)56-36-42(37-58-61(54,55)57-35-34-49(5,6)7)59-48(53)29-23-16-14-12-11-13-15-21-27-46-39(4)38(3)45(60-46)24-9-2/h17,20,30-33,40-43,50H,8-16,18-19,21-29,34-37H2,1-7H3/p+1/b20-17-,32-31+/t40-,41-,42+,43+/m0/s1. The Morgan fingerprint density at radius 3 is 2.16 bits per heavy atom. The largest absolute Gasteiger partial charge is 0.472 e. The first-order valence-electron chi connectivity index (χ1n) is 23.1. The Hall–Kier alpha value is -2.86. The molecular weight excluding hydrogens is 797 g/mol. The lowest BCUT2D eigenvalue weighted by molar-refractivity contribution is -0.870. The van der Waals surface area contributed by atoms with Gasteiger partial charge in [0, 0.05) is 31.6 Å². The number of ether oxygens (including phenoxy) is 2. The summed E-state index contributed by atoms with van der Waals surface area (Å²) in [6.45, 7) is 8.29. The Balaban J connectivity index is 1.73. The van der Waals surface area contributed by atoms with E-state index in [0.29, 0.717) is 43.1 Å². The van der Waals surface area contributed by atoms with Crippen LogP contribution in [0.25, 0.3) is 0 Å². The number of nitrogens with zero attached hydrogens (tertiary/aromatic N) is 1. The predicted molar refractivity (Wildman–Crippen MR) is 241 cm³/mol. The number of likely N-dealkylation sites (N-methyl/N-ethyl adjacent to an activating group) is 1. The van der Waals surface area contributed by atoms with Crippen LogP contribution in [0.5, 0.6) is 0 Å². The van der Waals surface area contributed by atoms with Crippen LogP contribution in [0.15, 0.2) is 40.9 Å². The van der Waals surface area contributed by atoms with Crippen LogP contribution in [-0.4, -0.2) is 91.9 Å². The van der Waals surface area contributed by atoms with Gasteiger partial charge in [0.1, 0.15) is 31.3 Å². The van der Waals surface area contributed by atoms with Crippen LogP contribution < -0.4 is 0 Å². The zero-order valence-corrected chi connectivity index (χ0v) is 39.6. The molecule has 1 aliphatic rings. The highest BCUT2D eigenvalue weighted by atomic mass is 31.2. The van der Waals surface area contributed by atoms with E-state index in [1.807, 2.05) is 45.4 Å². The first kappa shape index (κ1) is 54.3. The lowest BCUT2D eigenvalue weighted by Crippen LogP contribution is -2.37. The molecule has 348 valence electrons. The molecule has 1 aromatic rings. The number of quaternary nitrogens is 1. The van der Waals surface area contributed by atoms with Gasteiger partial charge in [-0.1, -0.05) is 102 Å². The second-order valence-electron chi connectivity index (χ2n) is 17.7. The first-order valence-corrected chi connectivity index (χ1v) is 24.6. The highest BCUT2D eigenvalue weighted by Crippen LogP contribution is 2.43. The van der Waals surface area contributed by atoms with Crippen molar-refractivity contribution >= 4 is 25.5 Å². The Kier molecular flexibility index (Phi) is 26.9. The van der Waals surface area contributed by atoms with Gasteiger partial charge in [0.2, 0.25) is 0 Å². The molecule has 1 aliphatic carbocycles. The number of aryl methyl sites for hydroxylation is 2. The molecule has 0 aliphatic heterocycles. The number of allylic oxidation sites excluding steroid dienone is 5. The summed E-state index contributed by atoms with van der Waals surface area (Å²) in [6, 6.07) is 0. The molecule has 1 heterocycles. The number of hydrogen-bond acceptors (Lipinski definition) is 10. The van der Waals surface area contributed by atoms with Crippen LogP contribution in [0.3, 0.4) is 0 Å². The quantitative estimate of drug-likeness (QED) is 0.0220. The number of carbonyl (C=O) groups is 3. The van der Waals surface area contributed by atoms with Crippen molar-refractivity contribution < 1.29 is 56.4 Å². The molecule has 0 spiro atoms. The molecule has 2 rings (SSSR count). The Labute approximate surface area is 367 Å². The SMILES string of the molecule is CCCCC[C@H](O)/C=C/[C@H]1C(=O)C=C[C@@H]1C/C=C\CCCC(=O)OC[C@H](COP(=O)(O)OCC[N+](C)(C)C)OC(=O)CCCCCCCCCCc1oc(CCC)c(C)c1C. The smallest absolute Gasteiger partial charge is 0.466 e. The minimum atomic E-state index is -4.44. The van der Waals surface area contributed by atoms with Crippen LogP contribution in [0, 0.1) is 25.7 Å². The zero-order chi connectivity index (χ0) is 45.1. The maximum Gasteiger partial charge on any atom is 0.472 e. The minimum Gasteiger partial charge on any atom is -0.466 e. The summed E-state index contributed by atoms with van der Waals surface area (Å²) < 4.78 is 40.5. The van der Waals surface area contributed by atoms with Crippen LogP contribution >= 0.6 is 7.82 Å². The van der Waals surface area contributed by atoms with E-state index in [-0.39, 0.29) is 43.7 Å². The number of carbonyl (C=O) groups excluding carboxylic acids is 3. The first-order chi connectivity index (χ1) is 29.0. The Morgan fingerprint density at radius 1 is 0.836 bits per heavy atom. The number of rotatable bonds is 35. The maximum atomic E-state index is 12.8. The van der Waals surface area contributed by atoms with E-state index in [4.69, 9.17) is 22.9 Å². The van der Waals surface area contributed by atoms with Gasteiger partial charge in [0.05, 0.1) is 33.9 Å². The number of aliphatic hydroxyl groups excluding tert-OH is 1. The second-order valence-corrected chi connectivity index (χ2v) is 19.1. The van der Waals surface area contributed by atoms with Crippen molar-refractivity contribution in [2.24, 2.45) is 11.8 Å². The van der Waals surface area contributed by atoms with Crippen molar-refractivity contribution in [2.45, 2.75) is 168 Å². The summed E-state index contributed by atoms with van der Waals surface area (Å²) in [5.41, 5.74) is 2.60. The van der Waals surface area contributed by atoms with E-state index in [1.165, 1.54) is 17.5 Å². The number of esters is 2. The number of phosphoric acid groups is 1. The monoisotopic (exact) mass is 879 g/mol. The summed E-state index contributed by atoms with van der Waals surface area (Å²) in [5, 5.41) is 10.2. The van der Waals surface area contributed by atoms with E-state index < -0.39 is 38.6 Å². The number of hydrogen-bond donors (Lipinski definition) is 2. The van der Waals surface area contributed by atoms with Crippen LogP contribution in [-0.2, 0) is 50.3 Å². The molecule has 0 bridgehead atoms. The topological polar surface area (TPSA) is 159 Å². The van der Waals surface area contributed by atoms with Gasteiger partial charge < -0.3 is 28.4 Å². The zero-order valence-electron chi connectivity index (χ0n) is 38.7.